The molecule has 0 heterocycles. The number of carbonyl (C=O) groups is 1. The standard InChI is InChI=1S/C11H10O3/c1-2-3-8-14-11(13)9-6-4-5-7-10(9)12/h4-7,12H,8H2,1H3. The summed E-state index contributed by atoms with van der Waals surface area (Å²) >= 11 is 0. The van der Waals surface area contributed by atoms with E-state index >= 15 is 0 Å². The monoisotopic (exact) mass is 190 g/mol. The van der Waals surface area contributed by atoms with E-state index in [9.17, 15) is 9.90 Å². The Balaban J connectivity index is 2.68. The minimum atomic E-state index is -0.564. The number of aromatic hydroxyl groups is 1. The maximum absolute atomic E-state index is 11.3. The van der Waals surface area contributed by atoms with E-state index in [-0.39, 0.29) is 17.9 Å². The van der Waals surface area contributed by atoms with Crippen molar-refractivity contribution in [1.29, 1.82) is 0 Å². The molecular weight excluding hydrogens is 180 g/mol. The van der Waals surface area contributed by atoms with E-state index < -0.39 is 5.97 Å². The van der Waals surface area contributed by atoms with Gasteiger partial charge in [-0.25, -0.2) is 4.79 Å². The molecule has 0 fully saturated rings. The third-order valence-corrected chi connectivity index (χ3v) is 1.58. The summed E-state index contributed by atoms with van der Waals surface area (Å²) in [6, 6.07) is 6.22. The molecule has 14 heavy (non-hydrogen) atoms. The van der Waals surface area contributed by atoms with Crippen LogP contribution in [0, 0.1) is 11.8 Å². The Hall–Kier alpha value is -1.95. The van der Waals surface area contributed by atoms with Crippen LogP contribution >= 0.6 is 0 Å². The number of phenols is 1. The van der Waals surface area contributed by atoms with E-state index in [2.05, 4.69) is 11.8 Å². The molecule has 0 atom stereocenters. The second-order valence-electron chi connectivity index (χ2n) is 2.52. The van der Waals surface area contributed by atoms with Crippen LogP contribution in [-0.4, -0.2) is 17.7 Å². The summed E-state index contributed by atoms with van der Waals surface area (Å²) in [7, 11) is 0. The molecule has 0 saturated heterocycles. The van der Waals surface area contributed by atoms with E-state index in [0.717, 1.165) is 0 Å². The van der Waals surface area contributed by atoms with Crippen LogP contribution in [-0.2, 0) is 4.74 Å². The van der Waals surface area contributed by atoms with Crippen LogP contribution in [0.25, 0.3) is 0 Å². The third-order valence-electron chi connectivity index (χ3n) is 1.58. The minimum absolute atomic E-state index is 0.0453. The second kappa shape index (κ2) is 4.93. The Morgan fingerprint density at radius 1 is 1.50 bits per heavy atom. The van der Waals surface area contributed by atoms with Gasteiger partial charge in [0.15, 0.2) is 6.61 Å². The van der Waals surface area contributed by atoms with Gasteiger partial charge >= 0.3 is 5.97 Å². The lowest BCUT2D eigenvalue weighted by molar-refractivity contribution is 0.0553. The van der Waals surface area contributed by atoms with Crippen LogP contribution in [0.4, 0.5) is 0 Å². The molecule has 0 amide bonds. The summed E-state index contributed by atoms with van der Waals surface area (Å²) in [6.07, 6.45) is 0. The molecule has 1 N–H and O–H groups in total. The molecule has 0 bridgehead atoms. The number of phenolic OH excluding ortho intramolecular Hbond substituents is 1. The average Bonchev–Trinajstić information content (AvgIpc) is 2.18. The van der Waals surface area contributed by atoms with Gasteiger partial charge < -0.3 is 9.84 Å². The Bertz CT molecular complexity index is 385. The van der Waals surface area contributed by atoms with Crippen LogP contribution in [0.3, 0.4) is 0 Å². The maximum Gasteiger partial charge on any atom is 0.342 e. The number of esters is 1. The molecule has 0 aliphatic rings. The van der Waals surface area contributed by atoms with E-state index in [1.54, 1.807) is 19.1 Å². The number of ether oxygens (including phenoxy) is 1. The molecule has 0 aromatic heterocycles. The molecule has 3 heteroatoms. The van der Waals surface area contributed by atoms with E-state index in [1.165, 1.54) is 12.1 Å². The quantitative estimate of drug-likeness (QED) is 0.568. The largest absolute Gasteiger partial charge is 0.507 e. The molecule has 1 aromatic rings. The normalized spacial score (nSPS) is 8.64. The van der Waals surface area contributed by atoms with Gasteiger partial charge in [0, 0.05) is 0 Å². The number of para-hydroxylation sites is 1. The molecular formula is C11H10O3. The van der Waals surface area contributed by atoms with Gasteiger partial charge in [-0.3, -0.25) is 0 Å². The molecule has 0 radical (unpaired) electrons. The van der Waals surface area contributed by atoms with Crippen molar-refractivity contribution < 1.29 is 14.6 Å². The second-order valence-corrected chi connectivity index (χ2v) is 2.52. The molecule has 0 spiro atoms. The zero-order chi connectivity index (χ0) is 10.4. The smallest absolute Gasteiger partial charge is 0.342 e. The van der Waals surface area contributed by atoms with E-state index in [1.807, 2.05) is 0 Å². The predicted octanol–water partition coefficient (Wildman–Crippen LogP) is 1.57. The first-order valence-corrected chi connectivity index (χ1v) is 4.10. The zero-order valence-corrected chi connectivity index (χ0v) is 7.78. The summed E-state index contributed by atoms with van der Waals surface area (Å²) in [5, 5.41) is 9.30. The van der Waals surface area contributed by atoms with Gasteiger partial charge in [-0.1, -0.05) is 18.1 Å². The van der Waals surface area contributed by atoms with Crippen LogP contribution in [0.2, 0.25) is 0 Å². The van der Waals surface area contributed by atoms with Crippen LogP contribution in [0.15, 0.2) is 24.3 Å². The first kappa shape index (κ1) is 10.1. The fourth-order valence-corrected chi connectivity index (χ4v) is 0.898. The summed E-state index contributed by atoms with van der Waals surface area (Å²) in [5.41, 5.74) is 0.158. The first-order valence-electron chi connectivity index (χ1n) is 4.10. The summed E-state index contributed by atoms with van der Waals surface area (Å²) < 4.78 is 4.78. The molecule has 3 nitrogen and oxygen atoms in total. The average molecular weight is 190 g/mol. The van der Waals surface area contributed by atoms with E-state index in [0.29, 0.717) is 0 Å². The highest BCUT2D eigenvalue weighted by molar-refractivity contribution is 5.92. The molecule has 1 rings (SSSR count). The minimum Gasteiger partial charge on any atom is -0.507 e. The SMILES string of the molecule is CC#CCOC(=O)c1ccccc1O. The maximum atomic E-state index is 11.3. The van der Waals surface area contributed by atoms with E-state index in [4.69, 9.17) is 4.74 Å². The number of benzene rings is 1. The lowest BCUT2D eigenvalue weighted by Crippen LogP contribution is -2.05. The summed E-state index contributed by atoms with van der Waals surface area (Å²) in [6.45, 7) is 1.71. The molecule has 0 saturated carbocycles. The lowest BCUT2D eigenvalue weighted by Gasteiger charge is -2.02. The highest BCUT2D eigenvalue weighted by Gasteiger charge is 2.10. The van der Waals surface area contributed by atoms with Crippen molar-refractivity contribution in [1.82, 2.24) is 0 Å². The van der Waals surface area contributed by atoms with Crippen molar-refractivity contribution in [3.63, 3.8) is 0 Å². The number of hydrogen-bond acceptors (Lipinski definition) is 3. The van der Waals surface area contributed by atoms with Gasteiger partial charge in [0.25, 0.3) is 0 Å². The molecule has 0 unspecified atom stereocenters. The van der Waals surface area contributed by atoms with Gasteiger partial charge in [0.05, 0.1) is 0 Å². The van der Waals surface area contributed by atoms with Gasteiger partial charge in [0.2, 0.25) is 0 Å². The highest BCUT2D eigenvalue weighted by atomic mass is 16.5. The topological polar surface area (TPSA) is 46.5 Å². The summed E-state index contributed by atoms with van der Waals surface area (Å²) in [5.74, 6) is 4.55. The highest BCUT2D eigenvalue weighted by Crippen LogP contribution is 2.16. The van der Waals surface area contributed by atoms with Crippen molar-refractivity contribution in [3.05, 3.63) is 29.8 Å². The van der Waals surface area contributed by atoms with Gasteiger partial charge in [0.1, 0.15) is 11.3 Å². The Labute approximate surface area is 82.3 Å². The first-order chi connectivity index (χ1) is 6.75. The zero-order valence-electron chi connectivity index (χ0n) is 7.78. The van der Waals surface area contributed by atoms with Crippen LogP contribution in [0.5, 0.6) is 5.75 Å². The number of rotatable bonds is 2. The van der Waals surface area contributed by atoms with Crippen molar-refractivity contribution in [2.75, 3.05) is 6.61 Å². The fraction of sp³-hybridized carbons (Fsp3) is 0.182. The van der Waals surface area contributed by atoms with Crippen LogP contribution < -0.4 is 0 Å². The fourth-order valence-electron chi connectivity index (χ4n) is 0.898. The molecule has 0 aliphatic carbocycles. The van der Waals surface area contributed by atoms with Crippen molar-refractivity contribution in [2.45, 2.75) is 6.92 Å². The molecule has 72 valence electrons. The molecule has 0 aliphatic heterocycles. The third kappa shape index (κ3) is 2.53. The Morgan fingerprint density at radius 3 is 2.86 bits per heavy atom. The van der Waals surface area contributed by atoms with Crippen molar-refractivity contribution >= 4 is 5.97 Å². The van der Waals surface area contributed by atoms with Crippen molar-refractivity contribution in [3.8, 4) is 17.6 Å². The van der Waals surface area contributed by atoms with Crippen LogP contribution in [0.1, 0.15) is 17.3 Å². The van der Waals surface area contributed by atoms with Crippen molar-refractivity contribution in [2.24, 2.45) is 0 Å². The lowest BCUT2D eigenvalue weighted by atomic mass is 10.2. The summed E-state index contributed by atoms with van der Waals surface area (Å²) in [4.78, 5) is 11.3. The Morgan fingerprint density at radius 2 is 2.21 bits per heavy atom. The molecule has 1 aromatic carbocycles. The number of hydrogen-bond donors (Lipinski definition) is 1. The number of carbonyl (C=O) groups excluding carboxylic acids is 1. The Kier molecular flexibility index (Phi) is 3.57. The van der Waals surface area contributed by atoms with Gasteiger partial charge in [-0.2, -0.15) is 0 Å². The predicted molar refractivity (Wildman–Crippen MR) is 51.8 cm³/mol. The van der Waals surface area contributed by atoms with Gasteiger partial charge in [-0.15, -0.1) is 5.92 Å². The van der Waals surface area contributed by atoms with Gasteiger partial charge in [-0.05, 0) is 19.1 Å².